The van der Waals surface area contributed by atoms with Gasteiger partial charge in [0.15, 0.2) is 0 Å². The maximum absolute atomic E-state index is 12.7. The van der Waals surface area contributed by atoms with Crippen molar-refractivity contribution in [1.82, 2.24) is 10.0 Å². The summed E-state index contributed by atoms with van der Waals surface area (Å²) in [5.74, 6) is 0. The highest BCUT2D eigenvalue weighted by molar-refractivity contribution is 7.89. The van der Waals surface area contributed by atoms with Crippen LogP contribution in [0.25, 0.3) is 0 Å². The van der Waals surface area contributed by atoms with E-state index in [1.807, 2.05) is 27.7 Å². The molecule has 1 saturated carbocycles. The molecule has 1 amide bonds. The zero-order valence-electron chi connectivity index (χ0n) is 15.3. The fourth-order valence-corrected chi connectivity index (χ4v) is 5.37. The molecule has 0 radical (unpaired) electrons. The van der Waals surface area contributed by atoms with Crippen LogP contribution >= 0.6 is 0 Å². The number of hydrogen-bond acceptors (Lipinski definition) is 3. The molecule has 7 heteroatoms. The number of benzene rings is 1. The molecule has 1 aliphatic carbocycles. The molecule has 2 rings (SSSR count). The average Bonchev–Trinajstić information content (AvgIpc) is 2.76. The fourth-order valence-electron chi connectivity index (χ4n) is 3.96. The van der Waals surface area contributed by atoms with Crippen LogP contribution < -0.4 is 10.0 Å². The van der Waals surface area contributed by atoms with E-state index < -0.39 is 21.7 Å². The third-order valence-corrected chi connectivity index (χ3v) is 6.49. The summed E-state index contributed by atoms with van der Waals surface area (Å²) in [7, 11) is -3.60. The third kappa shape index (κ3) is 4.95. The Hall–Kier alpha value is -1.60. The van der Waals surface area contributed by atoms with Crippen molar-refractivity contribution in [3.05, 3.63) is 29.8 Å². The molecule has 2 atom stereocenters. The number of carbonyl (C=O) groups is 1. The number of aryl methyl sites for hydroxylation is 1. The minimum atomic E-state index is -3.60. The summed E-state index contributed by atoms with van der Waals surface area (Å²) in [6.07, 6.45) is 2.03. The lowest BCUT2D eigenvalue weighted by molar-refractivity contribution is 0.153. The van der Waals surface area contributed by atoms with Crippen LogP contribution in [0, 0.1) is 12.3 Å². The number of carboxylic acid groups (broad SMARTS) is 1. The minimum absolute atomic E-state index is 0.214. The van der Waals surface area contributed by atoms with Crippen LogP contribution in [-0.2, 0) is 10.0 Å². The molecule has 25 heavy (non-hydrogen) atoms. The largest absolute Gasteiger partial charge is 0.465 e. The van der Waals surface area contributed by atoms with Gasteiger partial charge in [-0.3, -0.25) is 0 Å². The Morgan fingerprint density at radius 1 is 1.32 bits per heavy atom. The second kappa shape index (κ2) is 6.96. The molecule has 3 N–H and O–H groups in total. The molecule has 0 aliphatic heterocycles. The molecule has 1 aromatic rings. The predicted octanol–water partition coefficient (Wildman–Crippen LogP) is 3.27. The third-order valence-electron chi connectivity index (χ3n) is 5.00. The van der Waals surface area contributed by atoms with E-state index in [0.29, 0.717) is 6.42 Å². The summed E-state index contributed by atoms with van der Waals surface area (Å²) >= 11 is 0. The van der Waals surface area contributed by atoms with Gasteiger partial charge < -0.3 is 10.4 Å². The summed E-state index contributed by atoms with van der Waals surface area (Å²) in [6.45, 7) is 7.61. The van der Waals surface area contributed by atoms with E-state index in [2.05, 4.69) is 10.0 Å². The monoisotopic (exact) mass is 368 g/mol. The predicted molar refractivity (Wildman–Crippen MR) is 97.1 cm³/mol. The van der Waals surface area contributed by atoms with Crippen LogP contribution in [0.4, 0.5) is 4.79 Å². The molecule has 1 aromatic carbocycles. The van der Waals surface area contributed by atoms with Gasteiger partial charge in [0.25, 0.3) is 0 Å². The van der Waals surface area contributed by atoms with Crippen molar-refractivity contribution in [2.24, 2.45) is 5.41 Å². The highest BCUT2D eigenvalue weighted by atomic mass is 32.2. The molecule has 140 valence electrons. The summed E-state index contributed by atoms with van der Waals surface area (Å²) in [4.78, 5) is 11.3. The van der Waals surface area contributed by atoms with Gasteiger partial charge in [-0.15, -0.1) is 0 Å². The van der Waals surface area contributed by atoms with Crippen LogP contribution in [0.5, 0.6) is 0 Å². The van der Waals surface area contributed by atoms with Gasteiger partial charge in [-0.05, 0) is 57.6 Å². The second-order valence-corrected chi connectivity index (χ2v) is 9.74. The Balaban J connectivity index is 2.17. The number of rotatable bonds is 6. The topological polar surface area (TPSA) is 95.5 Å². The van der Waals surface area contributed by atoms with Gasteiger partial charge in [0.2, 0.25) is 10.0 Å². The second-order valence-electron chi connectivity index (χ2n) is 8.02. The normalized spacial score (nSPS) is 24.2. The van der Waals surface area contributed by atoms with Crippen LogP contribution in [0.2, 0.25) is 0 Å². The smallest absolute Gasteiger partial charge is 0.405 e. The van der Waals surface area contributed by atoms with E-state index in [9.17, 15) is 13.2 Å². The average molecular weight is 368 g/mol. The van der Waals surface area contributed by atoms with Crippen LogP contribution in [-0.4, -0.2) is 31.2 Å². The number of sulfonamides is 1. The Labute approximate surface area is 150 Å². The lowest BCUT2D eigenvalue weighted by Crippen LogP contribution is -2.51. The molecule has 1 aliphatic rings. The molecule has 0 spiro atoms. The number of amides is 1. The minimum Gasteiger partial charge on any atom is -0.465 e. The van der Waals surface area contributed by atoms with E-state index >= 15 is 0 Å². The number of nitrogens with one attached hydrogen (secondary N) is 2. The molecule has 1 fully saturated rings. The standard InChI is InChI=1S/C18H28N2O4S/c1-13-7-9-14(10-8-13)25(23,24)20-15-6-5-11-18(15,4)12-17(2,3)19-16(21)22/h7-10,15,19-20H,5-6,11-12H2,1-4H3,(H,21,22). The molecule has 0 aromatic heterocycles. The van der Waals surface area contributed by atoms with E-state index in [0.717, 1.165) is 24.8 Å². The van der Waals surface area contributed by atoms with Gasteiger partial charge in [-0.25, -0.2) is 17.9 Å². The summed E-state index contributed by atoms with van der Waals surface area (Å²) in [5, 5.41) is 11.5. The van der Waals surface area contributed by atoms with Crippen molar-refractivity contribution in [3.63, 3.8) is 0 Å². The Morgan fingerprint density at radius 3 is 2.48 bits per heavy atom. The van der Waals surface area contributed by atoms with E-state index in [-0.39, 0.29) is 16.4 Å². The van der Waals surface area contributed by atoms with E-state index in [1.54, 1.807) is 24.3 Å². The summed E-state index contributed by atoms with van der Waals surface area (Å²) in [6, 6.07) is 6.57. The number of hydrogen-bond donors (Lipinski definition) is 3. The van der Waals surface area contributed by atoms with Gasteiger partial charge in [0.1, 0.15) is 0 Å². The molecule has 6 nitrogen and oxygen atoms in total. The maximum atomic E-state index is 12.7. The molecular weight excluding hydrogens is 340 g/mol. The van der Waals surface area contributed by atoms with E-state index in [1.165, 1.54) is 0 Å². The quantitative estimate of drug-likeness (QED) is 0.718. The van der Waals surface area contributed by atoms with Gasteiger partial charge in [-0.2, -0.15) is 0 Å². The first-order valence-electron chi connectivity index (χ1n) is 8.54. The SMILES string of the molecule is Cc1ccc(S(=O)(=O)NC2CCCC2(C)CC(C)(C)NC(=O)O)cc1. The van der Waals surface area contributed by atoms with Crippen molar-refractivity contribution in [2.45, 2.75) is 69.9 Å². The first-order chi connectivity index (χ1) is 11.4. The molecule has 0 heterocycles. The maximum Gasteiger partial charge on any atom is 0.405 e. The first kappa shape index (κ1) is 19.7. The zero-order valence-corrected chi connectivity index (χ0v) is 16.1. The van der Waals surface area contributed by atoms with Crippen LogP contribution in [0.1, 0.15) is 52.0 Å². The highest BCUT2D eigenvalue weighted by Gasteiger charge is 2.44. The van der Waals surface area contributed by atoms with Gasteiger partial charge in [-0.1, -0.05) is 31.0 Å². The Morgan fingerprint density at radius 2 is 1.92 bits per heavy atom. The molecule has 0 saturated heterocycles. The molecule has 0 bridgehead atoms. The summed E-state index contributed by atoms with van der Waals surface area (Å²) < 4.78 is 28.3. The van der Waals surface area contributed by atoms with Crippen molar-refractivity contribution < 1.29 is 18.3 Å². The fraction of sp³-hybridized carbons (Fsp3) is 0.611. The Kier molecular flexibility index (Phi) is 5.49. The Bertz CT molecular complexity index is 728. The van der Waals surface area contributed by atoms with E-state index in [4.69, 9.17) is 5.11 Å². The van der Waals surface area contributed by atoms with Crippen molar-refractivity contribution in [1.29, 1.82) is 0 Å². The van der Waals surface area contributed by atoms with Gasteiger partial charge in [0, 0.05) is 11.6 Å². The van der Waals surface area contributed by atoms with Crippen molar-refractivity contribution >= 4 is 16.1 Å². The first-order valence-corrected chi connectivity index (χ1v) is 10.0. The van der Waals surface area contributed by atoms with Gasteiger partial charge >= 0.3 is 6.09 Å². The van der Waals surface area contributed by atoms with Gasteiger partial charge in [0.05, 0.1) is 4.90 Å². The lowest BCUT2D eigenvalue weighted by Gasteiger charge is -2.39. The summed E-state index contributed by atoms with van der Waals surface area (Å²) in [5.41, 5.74) is 0.0773. The van der Waals surface area contributed by atoms with Crippen LogP contribution in [0.15, 0.2) is 29.2 Å². The van der Waals surface area contributed by atoms with Crippen LogP contribution in [0.3, 0.4) is 0 Å². The van der Waals surface area contributed by atoms with Crippen molar-refractivity contribution in [3.8, 4) is 0 Å². The zero-order chi connectivity index (χ0) is 18.9. The van der Waals surface area contributed by atoms with Crippen molar-refractivity contribution in [2.75, 3.05) is 0 Å². The molecular formula is C18H28N2O4S. The lowest BCUT2D eigenvalue weighted by atomic mass is 9.75. The highest BCUT2D eigenvalue weighted by Crippen LogP contribution is 2.44. The molecule has 2 unspecified atom stereocenters.